The van der Waals surface area contributed by atoms with Crippen molar-refractivity contribution in [3.8, 4) is 0 Å². The van der Waals surface area contributed by atoms with Crippen LogP contribution in [0.5, 0.6) is 0 Å². The van der Waals surface area contributed by atoms with Gasteiger partial charge in [0, 0.05) is 6.08 Å². The summed E-state index contributed by atoms with van der Waals surface area (Å²) >= 11 is 3.08. The van der Waals surface area contributed by atoms with Crippen LogP contribution >= 0.6 is 15.9 Å². The number of carbonyl (C=O) groups is 1. The predicted molar refractivity (Wildman–Crippen MR) is 55.5 cm³/mol. The molecule has 2 nitrogen and oxygen atoms in total. The SMILES string of the molecule is Cc1c(/C=C/C(=O)O)ccc(F)c1Br. The second-order valence-electron chi connectivity index (χ2n) is 2.75. The molecule has 0 saturated carbocycles. The molecule has 0 saturated heterocycles. The molecule has 0 amide bonds. The maximum absolute atomic E-state index is 13.0. The maximum Gasteiger partial charge on any atom is 0.328 e. The van der Waals surface area contributed by atoms with Crippen LogP contribution in [0.4, 0.5) is 4.39 Å². The van der Waals surface area contributed by atoms with Crippen LogP contribution in [0.2, 0.25) is 0 Å². The molecule has 1 aromatic rings. The number of hydrogen-bond acceptors (Lipinski definition) is 1. The lowest BCUT2D eigenvalue weighted by atomic mass is 10.1. The third kappa shape index (κ3) is 2.42. The zero-order chi connectivity index (χ0) is 10.7. The van der Waals surface area contributed by atoms with E-state index in [2.05, 4.69) is 15.9 Å². The molecule has 0 aromatic heterocycles. The highest BCUT2D eigenvalue weighted by atomic mass is 79.9. The Hall–Kier alpha value is -1.16. The number of carboxylic acid groups (broad SMARTS) is 1. The van der Waals surface area contributed by atoms with E-state index in [-0.39, 0.29) is 5.82 Å². The first-order valence-electron chi connectivity index (χ1n) is 3.88. The molecule has 0 heterocycles. The fourth-order valence-corrected chi connectivity index (χ4v) is 1.37. The lowest BCUT2D eigenvalue weighted by Gasteiger charge is -2.03. The van der Waals surface area contributed by atoms with E-state index in [9.17, 15) is 9.18 Å². The van der Waals surface area contributed by atoms with E-state index in [1.165, 1.54) is 18.2 Å². The highest BCUT2D eigenvalue weighted by Gasteiger charge is 2.05. The summed E-state index contributed by atoms with van der Waals surface area (Å²) in [7, 11) is 0. The number of halogens is 2. The summed E-state index contributed by atoms with van der Waals surface area (Å²) in [6, 6.07) is 2.83. The van der Waals surface area contributed by atoms with Crippen LogP contribution in [-0.2, 0) is 4.79 Å². The molecule has 0 atom stereocenters. The van der Waals surface area contributed by atoms with Gasteiger partial charge in [0.15, 0.2) is 0 Å². The zero-order valence-electron chi connectivity index (χ0n) is 7.42. The summed E-state index contributed by atoms with van der Waals surface area (Å²) in [6.07, 6.45) is 2.45. The summed E-state index contributed by atoms with van der Waals surface area (Å²) in [4.78, 5) is 10.3. The fraction of sp³-hybridized carbons (Fsp3) is 0.100. The highest BCUT2D eigenvalue weighted by Crippen LogP contribution is 2.23. The Morgan fingerprint density at radius 3 is 2.79 bits per heavy atom. The summed E-state index contributed by atoms with van der Waals surface area (Å²) in [5.74, 6) is -1.38. The molecule has 0 fully saturated rings. The quantitative estimate of drug-likeness (QED) is 0.829. The number of rotatable bonds is 2. The van der Waals surface area contributed by atoms with Crippen LogP contribution in [-0.4, -0.2) is 11.1 Å². The number of hydrogen-bond donors (Lipinski definition) is 1. The van der Waals surface area contributed by atoms with Crippen molar-refractivity contribution in [2.75, 3.05) is 0 Å². The van der Waals surface area contributed by atoms with Crippen molar-refractivity contribution in [1.82, 2.24) is 0 Å². The lowest BCUT2D eigenvalue weighted by Crippen LogP contribution is -1.89. The number of aliphatic carboxylic acids is 1. The number of carboxylic acids is 1. The lowest BCUT2D eigenvalue weighted by molar-refractivity contribution is -0.131. The van der Waals surface area contributed by atoms with Crippen molar-refractivity contribution >= 4 is 28.0 Å². The van der Waals surface area contributed by atoms with E-state index in [1.807, 2.05) is 0 Å². The van der Waals surface area contributed by atoms with Gasteiger partial charge in [0.25, 0.3) is 0 Å². The van der Waals surface area contributed by atoms with Gasteiger partial charge in [0.2, 0.25) is 0 Å². The van der Waals surface area contributed by atoms with Gasteiger partial charge in [-0.2, -0.15) is 0 Å². The largest absolute Gasteiger partial charge is 0.478 e. The van der Waals surface area contributed by atoms with Gasteiger partial charge >= 0.3 is 5.97 Å². The first-order chi connectivity index (χ1) is 6.52. The van der Waals surface area contributed by atoms with E-state index in [0.29, 0.717) is 15.6 Å². The van der Waals surface area contributed by atoms with E-state index in [0.717, 1.165) is 6.08 Å². The van der Waals surface area contributed by atoms with Crippen molar-refractivity contribution in [2.24, 2.45) is 0 Å². The molecule has 0 radical (unpaired) electrons. The van der Waals surface area contributed by atoms with Crippen LogP contribution in [0.25, 0.3) is 6.08 Å². The van der Waals surface area contributed by atoms with E-state index in [4.69, 9.17) is 5.11 Å². The summed E-state index contributed by atoms with van der Waals surface area (Å²) in [6.45, 7) is 1.72. The Bertz CT molecular complexity index is 399. The second kappa shape index (κ2) is 4.37. The molecule has 1 aromatic carbocycles. The molecular formula is C10H8BrFO2. The highest BCUT2D eigenvalue weighted by molar-refractivity contribution is 9.10. The van der Waals surface area contributed by atoms with Crippen molar-refractivity contribution in [1.29, 1.82) is 0 Å². The van der Waals surface area contributed by atoms with Gasteiger partial charge < -0.3 is 5.11 Å². The van der Waals surface area contributed by atoms with Crippen molar-refractivity contribution < 1.29 is 14.3 Å². The van der Waals surface area contributed by atoms with Gasteiger partial charge in [0.1, 0.15) is 5.82 Å². The molecule has 0 aliphatic rings. The number of benzene rings is 1. The Labute approximate surface area is 89.2 Å². The molecular weight excluding hydrogens is 251 g/mol. The molecule has 0 aliphatic heterocycles. The van der Waals surface area contributed by atoms with Crippen LogP contribution < -0.4 is 0 Å². The van der Waals surface area contributed by atoms with E-state index in [1.54, 1.807) is 6.92 Å². The molecule has 0 spiro atoms. The van der Waals surface area contributed by atoms with Crippen molar-refractivity contribution in [3.05, 3.63) is 39.6 Å². The summed E-state index contributed by atoms with van der Waals surface area (Å²) in [5.41, 5.74) is 1.36. The Morgan fingerprint density at radius 2 is 2.21 bits per heavy atom. The van der Waals surface area contributed by atoms with Gasteiger partial charge in [-0.1, -0.05) is 6.07 Å². The average Bonchev–Trinajstić information content (AvgIpc) is 2.13. The minimum absolute atomic E-state index is 0.352. The fourth-order valence-electron chi connectivity index (χ4n) is 1.01. The predicted octanol–water partition coefficient (Wildman–Crippen LogP) is 2.99. The third-order valence-corrected chi connectivity index (χ3v) is 2.76. The molecule has 0 unspecified atom stereocenters. The molecule has 14 heavy (non-hydrogen) atoms. The zero-order valence-corrected chi connectivity index (χ0v) is 9.01. The molecule has 1 rings (SSSR count). The first-order valence-corrected chi connectivity index (χ1v) is 4.67. The van der Waals surface area contributed by atoms with Crippen LogP contribution in [0.1, 0.15) is 11.1 Å². The van der Waals surface area contributed by atoms with Gasteiger partial charge in [-0.25, -0.2) is 9.18 Å². The summed E-state index contributed by atoms with van der Waals surface area (Å²) in [5, 5.41) is 8.42. The molecule has 1 N–H and O–H groups in total. The van der Waals surface area contributed by atoms with Crippen LogP contribution in [0.15, 0.2) is 22.7 Å². The summed E-state index contributed by atoms with van der Waals surface area (Å²) < 4.78 is 13.3. The Balaban J connectivity index is 3.12. The van der Waals surface area contributed by atoms with Gasteiger partial charge in [-0.15, -0.1) is 0 Å². The normalized spacial score (nSPS) is 10.8. The minimum Gasteiger partial charge on any atom is -0.478 e. The van der Waals surface area contributed by atoms with Crippen LogP contribution in [0, 0.1) is 12.7 Å². The Kier molecular flexibility index (Phi) is 3.41. The van der Waals surface area contributed by atoms with Crippen molar-refractivity contribution in [3.63, 3.8) is 0 Å². The Morgan fingerprint density at radius 1 is 1.57 bits per heavy atom. The molecule has 74 valence electrons. The monoisotopic (exact) mass is 258 g/mol. The van der Waals surface area contributed by atoms with Gasteiger partial charge in [-0.3, -0.25) is 0 Å². The molecule has 0 aliphatic carbocycles. The average molecular weight is 259 g/mol. The second-order valence-corrected chi connectivity index (χ2v) is 3.54. The molecule has 4 heteroatoms. The van der Waals surface area contributed by atoms with Crippen LogP contribution in [0.3, 0.4) is 0 Å². The first kappa shape index (κ1) is 10.9. The standard InChI is InChI=1S/C10H8BrFO2/c1-6-7(3-5-9(13)14)2-4-8(12)10(6)11/h2-5H,1H3,(H,13,14)/b5-3+. The topological polar surface area (TPSA) is 37.3 Å². The van der Waals surface area contributed by atoms with E-state index >= 15 is 0 Å². The minimum atomic E-state index is -1.02. The third-order valence-electron chi connectivity index (χ3n) is 1.79. The van der Waals surface area contributed by atoms with E-state index < -0.39 is 5.97 Å². The van der Waals surface area contributed by atoms with Gasteiger partial charge in [-0.05, 0) is 46.1 Å². The van der Waals surface area contributed by atoms with Crippen molar-refractivity contribution in [2.45, 2.75) is 6.92 Å². The molecule has 0 bridgehead atoms. The maximum atomic E-state index is 13.0. The smallest absolute Gasteiger partial charge is 0.328 e. The van der Waals surface area contributed by atoms with Gasteiger partial charge in [0.05, 0.1) is 4.47 Å².